The Labute approximate surface area is 191 Å². The minimum atomic E-state index is -3.80. The van der Waals surface area contributed by atoms with Crippen LogP contribution in [0.2, 0.25) is 0 Å². The van der Waals surface area contributed by atoms with E-state index in [2.05, 4.69) is 15.5 Å². The molecule has 4 rings (SSSR count). The molecule has 8 nitrogen and oxygen atoms in total. The smallest absolute Gasteiger partial charge is 0.248 e. The highest BCUT2D eigenvalue weighted by molar-refractivity contribution is 7.89. The van der Waals surface area contributed by atoms with Crippen molar-refractivity contribution < 1.29 is 17.7 Å². The molecule has 10 heteroatoms. The van der Waals surface area contributed by atoms with E-state index in [0.717, 1.165) is 10.4 Å². The minimum absolute atomic E-state index is 0.0806. The van der Waals surface area contributed by atoms with Gasteiger partial charge in [0.2, 0.25) is 15.9 Å². The summed E-state index contributed by atoms with van der Waals surface area (Å²) in [5.74, 6) is 0.296. The molecular weight excluding hydrogens is 448 g/mol. The van der Waals surface area contributed by atoms with E-state index in [0.29, 0.717) is 24.4 Å². The number of sulfonamides is 1. The minimum Gasteiger partial charge on any atom is -0.355 e. The molecule has 1 aliphatic rings. The van der Waals surface area contributed by atoms with Crippen LogP contribution in [0, 0.1) is 19.8 Å². The fourth-order valence-electron chi connectivity index (χ4n) is 3.60. The number of pyridine rings is 1. The lowest BCUT2D eigenvalue weighted by Crippen LogP contribution is -2.41. The predicted octanol–water partition coefficient (Wildman–Crippen LogP) is 3.96. The molecule has 1 fully saturated rings. The van der Waals surface area contributed by atoms with Crippen molar-refractivity contribution in [3.05, 3.63) is 57.7 Å². The van der Waals surface area contributed by atoms with E-state index in [1.54, 1.807) is 42.7 Å². The maximum Gasteiger partial charge on any atom is 0.248 e. The molecule has 168 valence electrons. The van der Waals surface area contributed by atoms with Crippen LogP contribution in [0.4, 0.5) is 5.82 Å². The molecule has 1 amide bonds. The second-order valence-corrected chi connectivity index (χ2v) is 10.6. The average Bonchev–Trinajstić information content (AvgIpc) is 3.43. The van der Waals surface area contributed by atoms with Crippen LogP contribution in [-0.4, -0.2) is 41.9 Å². The van der Waals surface area contributed by atoms with Crippen LogP contribution in [-0.2, 0) is 14.8 Å². The molecule has 0 aliphatic carbocycles. The summed E-state index contributed by atoms with van der Waals surface area (Å²) in [6.45, 7) is 4.05. The Morgan fingerprint density at radius 1 is 1.22 bits per heavy atom. The van der Waals surface area contributed by atoms with Gasteiger partial charge in [-0.3, -0.25) is 4.79 Å². The Balaban J connectivity index is 1.43. The van der Waals surface area contributed by atoms with Crippen molar-refractivity contribution in [3.8, 4) is 0 Å². The fraction of sp³-hybridized carbons (Fsp3) is 0.318. The zero-order valence-corrected chi connectivity index (χ0v) is 19.4. The second-order valence-electron chi connectivity index (χ2n) is 7.70. The first-order valence-electron chi connectivity index (χ1n) is 10.3. The highest BCUT2D eigenvalue weighted by Gasteiger charge is 2.36. The Morgan fingerprint density at radius 3 is 2.66 bits per heavy atom. The molecule has 3 aromatic rings. The number of anilines is 1. The van der Waals surface area contributed by atoms with E-state index in [4.69, 9.17) is 4.52 Å². The lowest BCUT2D eigenvalue weighted by Gasteiger charge is -2.30. The number of hydrogen-bond acceptors (Lipinski definition) is 7. The van der Waals surface area contributed by atoms with Crippen LogP contribution in [0.1, 0.15) is 34.7 Å². The highest BCUT2D eigenvalue weighted by Crippen LogP contribution is 2.29. The third-order valence-corrected chi connectivity index (χ3v) is 8.26. The summed E-state index contributed by atoms with van der Waals surface area (Å²) in [4.78, 5) is 17.9. The van der Waals surface area contributed by atoms with E-state index in [1.807, 2.05) is 30.5 Å². The zero-order chi connectivity index (χ0) is 22.7. The van der Waals surface area contributed by atoms with Gasteiger partial charge in [-0.05, 0) is 61.9 Å². The van der Waals surface area contributed by atoms with Crippen molar-refractivity contribution in [2.45, 2.75) is 31.6 Å². The second kappa shape index (κ2) is 9.35. The van der Waals surface area contributed by atoms with Gasteiger partial charge in [-0.25, -0.2) is 13.4 Å². The Hall–Kier alpha value is -2.82. The third kappa shape index (κ3) is 4.82. The number of hydrogen-bond donors (Lipinski definition) is 1. The summed E-state index contributed by atoms with van der Waals surface area (Å²) >= 11 is 1.54. The molecule has 0 saturated carbocycles. The van der Waals surface area contributed by atoms with Crippen molar-refractivity contribution in [3.63, 3.8) is 0 Å². The van der Waals surface area contributed by atoms with Gasteiger partial charge in [-0.1, -0.05) is 17.3 Å². The Morgan fingerprint density at radius 2 is 2.00 bits per heavy atom. The predicted molar refractivity (Wildman–Crippen MR) is 124 cm³/mol. The number of amides is 1. The van der Waals surface area contributed by atoms with E-state index in [9.17, 15) is 13.2 Å². The quantitative estimate of drug-likeness (QED) is 0.582. The average molecular weight is 473 g/mol. The van der Waals surface area contributed by atoms with Gasteiger partial charge >= 0.3 is 0 Å². The molecule has 32 heavy (non-hydrogen) atoms. The molecule has 0 unspecified atom stereocenters. The van der Waals surface area contributed by atoms with Crippen LogP contribution >= 0.6 is 11.3 Å². The molecule has 3 aromatic heterocycles. The number of thiophene rings is 1. The lowest BCUT2D eigenvalue weighted by atomic mass is 9.97. The monoisotopic (exact) mass is 472 g/mol. The van der Waals surface area contributed by atoms with Crippen molar-refractivity contribution in [2.75, 3.05) is 18.4 Å². The number of carbonyl (C=O) groups is 1. The van der Waals surface area contributed by atoms with Crippen LogP contribution < -0.4 is 5.32 Å². The maximum atomic E-state index is 13.3. The first kappa shape index (κ1) is 22.4. The summed E-state index contributed by atoms with van der Waals surface area (Å²) in [7, 11) is -3.80. The third-order valence-electron chi connectivity index (χ3n) is 5.36. The fourth-order valence-corrected chi connectivity index (χ4v) is 5.94. The lowest BCUT2D eigenvalue weighted by molar-refractivity contribution is -0.120. The summed E-state index contributed by atoms with van der Waals surface area (Å²) in [6.07, 6.45) is 5.99. The van der Waals surface area contributed by atoms with Crippen LogP contribution in [0.3, 0.4) is 0 Å². The first-order chi connectivity index (χ1) is 15.3. The van der Waals surface area contributed by atoms with Gasteiger partial charge in [0.1, 0.15) is 11.5 Å². The van der Waals surface area contributed by atoms with E-state index in [-0.39, 0.29) is 35.6 Å². The summed E-state index contributed by atoms with van der Waals surface area (Å²) in [6, 6.07) is 7.49. The van der Waals surface area contributed by atoms with Gasteiger partial charge in [0.15, 0.2) is 10.7 Å². The number of aromatic nitrogens is 2. The molecular formula is C22H24N4O4S2. The Kier molecular flexibility index (Phi) is 6.54. The van der Waals surface area contributed by atoms with Crippen LogP contribution in [0.25, 0.3) is 12.2 Å². The molecule has 0 aromatic carbocycles. The largest absolute Gasteiger partial charge is 0.355 e. The van der Waals surface area contributed by atoms with Gasteiger partial charge in [0, 0.05) is 30.1 Å². The van der Waals surface area contributed by atoms with Crippen molar-refractivity contribution in [2.24, 2.45) is 5.92 Å². The molecule has 1 saturated heterocycles. The zero-order valence-electron chi connectivity index (χ0n) is 17.8. The van der Waals surface area contributed by atoms with E-state index >= 15 is 0 Å². The van der Waals surface area contributed by atoms with Crippen molar-refractivity contribution in [1.82, 2.24) is 14.4 Å². The SMILES string of the molecule is Cc1ccc(NC(=O)C2CCN(S(=O)(=O)c3c(C)noc3/C=C/c3cccs3)CC2)nc1. The molecule has 0 radical (unpaired) electrons. The number of aryl methyl sites for hydroxylation is 2. The molecule has 0 bridgehead atoms. The van der Waals surface area contributed by atoms with Crippen LogP contribution in [0.15, 0.2) is 45.3 Å². The number of piperidine rings is 1. The number of carbonyl (C=O) groups excluding carboxylic acids is 1. The Bertz CT molecular complexity index is 1210. The van der Waals surface area contributed by atoms with Crippen molar-refractivity contribution >= 4 is 45.2 Å². The standard InChI is InChI=1S/C22H24N4O4S2/c1-15-5-8-20(23-14-15)24-22(27)17-9-11-26(12-10-17)32(28,29)21-16(2)25-30-19(21)7-6-18-4-3-13-31-18/h3-8,13-14,17H,9-12H2,1-2H3,(H,23,24,27)/b7-6+. The van der Waals surface area contributed by atoms with Crippen molar-refractivity contribution in [1.29, 1.82) is 0 Å². The molecule has 1 aliphatic heterocycles. The molecule has 0 spiro atoms. The number of nitrogens with zero attached hydrogens (tertiary/aromatic N) is 3. The molecule has 4 heterocycles. The van der Waals surface area contributed by atoms with E-state index in [1.165, 1.54) is 4.31 Å². The van der Waals surface area contributed by atoms with Gasteiger partial charge in [0.05, 0.1) is 0 Å². The van der Waals surface area contributed by atoms with Gasteiger partial charge in [-0.15, -0.1) is 11.3 Å². The van der Waals surface area contributed by atoms with E-state index < -0.39 is 10.0 Å². The maximum absolute atomic E-state index is 13.3. The van der Waals surface area contributed by atoms with Gasteiger partial charge in [-0.2, -0.15) is 4.31 Å². The summed E-state index contributed by atoms with van der Waals surface area (Å²) < 4.78 is 33.4. The number of nitrogens with one attached hydrogen (secondary N) is 1. The highest BCUT2D eigenvalue weighted by atomic mass is 32.2. The summed E-state index contributed by atoms with van der Waals surface area (Å²) in [5, 5.41) is 8.63. The van der Waals surface area contributed by atoms with Gasteiger partial charge < -0.3 is 9.84 Å². The van der Waals surface area contributed by atoms with Crippen LogP contribution in [0.5, 0.6) is 0 Å². The topological polar surface area (TPSA) is 105 Å². The molecule has 1 N–H and O–H groups in total. The molecule has 0 atom stereocenters. The normalized spacial score (nSPS) is 15.9. The number of rotatable bonds is 6. The van der Waals surface area contributed by atoms with Gasteiger partial charge in [0.25, 0.3) is 0 Å². The summed E-state index contributed by atoms with van der Waals surface area (Å²) in [5.41, 5.74) is 1.33. The first-order valence-corrected chi connectivity index (χ1v) is 12.6.